The topological polar surface area (TPSA) is 0 Å². The van der Waals surface area contributed by atoms with E-state index in [0.717, 1.165) is 6.32 Å². The Hall–Kier alpha value is -3.88. The van der Waals surface area contributed by atoms with Crippen molar-refractivity contribution in [3.8, 4) is 0 Å². The maximum absolute atomic E-state index is 2.40. The van der Waals surface area contributed by atoms with Crippen molar-refractivity contribution in [2.24, 2.45) is 0 Å². The largest absolute Gasteiger partial charge is 0.324 e. The summed E-state index contributed by atoms with van der Waals surface area (Å²) < 4.78 is 1.48. The van der Waals surface area contributed by atoms with Gasteiger partial charge in [0.2, 0.25) is 0 Å². The molecule has 6 aromatic carbocycles. The summed E-state index contributed by atoms with van der Waals surface area (Å²) in [6.07, 6.45) is 37.0. The molecular weight excluding hydrogens is 818 g/mol. The van der Waals surface area contributed by atoms with Gasteiger partial charge in [-0.25, -0.2) is 0 Å². The molecular formula is C66H98BN. The molecule has 1 nitrogen and oxygen atoms in total. The molecule has 0 saturated heterocycles. The van der Waals surface area contributed by atoms with Crippen molar-refractivity contribution >= 4 is 54.9 Å². The molecule has 0 unspecified atom stereocenters. The fourth-order valence-corrected chi connectivity index (χ4v) is 12.1. The Kier molecular flexibility index (Phi) is 26.0. The molecule has 0 amide bonds. The normalized spacial score (nSPS) is 12.0. The van der Waals surface area contributed by atoms with Crippen LogP contribution in [0.3, 0.4) is 0 Å². The minimum atomic E-state index is -1.25. The number of rotatable bonds is 34. The average Bonchev–Trinajstić information content (AvgIpc) is 3.38. The van der Waals surface area contributed by atoms with E-state index in [0.29, 0.717) is 0 Å². The number of hydrogen-bond acceptors (Lipinski definition) is 0. The van der Waals surface area contributed by atoms with Crippen molar-refractivity contribution in [2.75, 3.05) is 26.2 Å². The Morgan fingerprint density at radius 3 is 0.809 bits per heavy atom. The molecule has 0 radical (unpaired) electrons. The van der Waals surface area contributed by atoms with Crippen molar-refractivity contribution < 1.29 is 4.48 Å². The third-order valence-electron chi connectivity index (χ3n) is 16.0. The highest BCUT2D eigenvalue weighted by Gasteiger charge is 2.33. The first kappa shape index (κ1) is 55.1. The number of unbranched alkanes of at least 4 members (excludes halogenated alkanes) is 21. The Bertz CT molecular complexity index is 1960. The van der Waals surface area contributed by atoms with Gasteiger partial charge in [-0.3, -0.25) is 0 Å². The van der Waals surface area contributed by atoms with Crippen LogP contribution in [-0.2, 0) is 0 Å². The third kappa shape index (κ3) is 16.6. The second kappa shape index (κ2) is 32.1. The summed E-state index contributed by atoms with van der Waals surface area (Å²) in [5.74, 6) is 0. The lowest BCUT2D eigenvalue weighted by Crippen LogP contribution is -2.67. The predicted molar refractivity (Wildman–Crippen MR) is 309 cm³/mol. The molecule has 0 aliphatic rings. The highest BCUT2D eigenvalue weighted by atomic mass is 15.3. The molecule has 0 saturated carbocycles. The molecule has 68 heavy (non-hydrogen) atoms. The van der Waals surface area contributed by atoms with E-state index in [-0.39, 0.29) is 0 Å². The molecule has 2 heteroatoms. The van der Waals surface area contributed by atoms with Gasteiger partial charge in [-0.1, -0.05) is 294 Å². The summed E-state index contributed by atoms with van der Waals surface area (Å²) in [5, 5.41) is 8.04. The molecule has 6 rings (SSSR count). The standard InChI is InChI=1S/C34H30B.C32H68N/c1-2-3-25-35(32-22-10-16-26-13-4-7-19-29(26)32,33-23-11-17-27-14-5-8-20-30(27)33)34-24-12-18-28-15-6-9-21-31(28)34;1-5-9-13-17-21-25-29-33(30-26-22-18-14-10-6-2,31-27-23-19-15-11-7-3)32-28-24-20-16-12-8-4/h4-24H,2-3,25H2,1H3;5-32H2,1-4H3/q-1;+1. The number of nitrogens with zero attached hydrogens (tertiary/aromatic N) is 1. The molecule has 6 aromatic rings. The Morgan fingerprint density at radius 1 is 0.265 bits per heavy atom. The Balaban J connectivity index is 0.000000255. The van der Waals surface area contributed by atoms with Crippen LogP contribution in [0.2, 0.25) is 6.32 Å². The van der Waals surface area contributed by atoms with Gasteiger partial charge in [0, 0.05) is 0 Å². The summed E-state index contributed by atoms with van der Waals surface area (Å²) in [5.41, 5.74) is 4.39. The van der Waals surface area contributed by atoms with Gasteiger partial charge in [0.25, 0.3) is 0 Å². The summed E-state index contributed by atoms with van der Waals surface area (Å²) in [7, 11) is 0. The molecule has 0 aliphatic carbocycles. The summed E-state index contributed by atoms with van der Waals surface area (Å²) in [6.45, 7) is 17.6. The maximum atomic E-state index is 2.40. The number of hydrogen-bond donors (Lipinski definition) is 0. The molecule has 0 aliphatic heterocycles. The van der Waals surface area contributed by atoms with Crippen LogP contribution in [0.4, 0.5) is 0 Å². The van der Waals surface area contributed by atoms with Crippen LogP contribution in [0.5, 0.6) is 0 Å². The van der Waals surface area contributed by atoms with Gasteiger partial charge in [0.15, 0.2) is 0 Å². The van der Waals surface area contributed by atoms with Crippen molar-refractivity contribution in [1.29, 1.82) is 0 Å². The van der Waals surface area contributed by atoms with Crippen LogP contribution in [-0.4, -0.2) is 36.8 Å². The molecule has 0 bridgehead atoms. The van der Waals surface area contributed by atoms with E-state index in [1.807, 2.05) is 0 Å². The zero-order valence-corrected chi connectivity index (χ0v) is 44.6. The van der Waals surface area contributed by atoms with Crippen molar-refractivity contribution in [3.63, 3.8) is 0 Å². The maximum Gasteiger partial charge on any atom is 0.0837 e. The quantitative estimate of drug-likeness (QED) is 0.0215. The summed E-state index contributed by atoms with van der Waals surface area (Å²) in [4.78, 5) is 0. The molecule has 0 fully saturated rings. The van der Waals surface area contributed by atoms with Crippen LogP contribution in [0.1, 0.15) is 202 Å². The molecule has 0 atom stereocenters. The van der Waals surface area contributed by atoms with E-state index in [4.69, 9.17) is 0 Å². The highest BCUT2D eigenvalue weighted by molar-refractivity contribution is 7.14. The number of fused-ring (bicyclic) bond motifs is 3. The first-order valence-corrected chi connectivity index (χ1v) is 29.0. The zero-order valence-electron chi connectivity index (χ0n) is 44.6. The predicted octanol–water partition coefficient (Wildman–Crippen LogP) is 18.7. The van der Waals surface area contributed by atoms with Gasteiger partial charge >= 0.3 is 0 Å². The summed E-state index contributed by atoms with van der Waals surface area (Å²) >= 11 is 0. The summed E-state index contributed by atoms with van der Waals surface area (Å²) in [6, 6.07) is 47.5. The fourth-order valence-electron chi connectivity index (χ4n) is 12.1. The molecule has 0 N–H and O–H groups in total. The van der Waals surface area contributed by atoms with E-state index in [1.165, 1.54) is 246 Å². The minimum Gasteiger partial charge on any atom is -0.324 e. The SMILES string of the molecule is CCCCCCCC[N+](CCCCCCCC)(CCCCCCCC)CCCCCCCC.CCCC[B-](c1cccc2ccccc12)(c1cccc2ccccc12)c1cccc2ccccc12. The third-order valence-corrected chi connectivity index (χ3v) is 16.0. The van der Waals surface area contributed by atoms with E-state index in [2.05, 4.69) is 162 Å². The van der Waals surface area contributed by atoms with Crippen LogP contribution in [0.25, 0.3) is 32.3 Å². The van der Waals surface area contributed by atoms with E-state index in [9.17, 15) is 0 Å². The van der Waals surface area contributed by atoms with Crippen LogP contribution < -0.4 is 16.4 Å². The fraction of sp³-hybridized carbons (Fsp3) is 0.545. The van der Waals surface area contributed by atoms with Crippen molar-refractivity contribution in [3.05, 3.63) is 127 Å². The first-order valence-electron chi connectivity index (χ1n) is 29.0. The van der Waals surface area contributed by atoms with Gasteiger partial charge in [0.05, 0.1) is 32.3 Å². The number of quaternary nitrogens is 1. The van der Waals surface area contributed by atoms with Gasteiger partial charge in [-0.05, 0) is 67.5 Å². The van der Waals surface area contributed by atoms with Crippen molar-refractivity contribution in [1.82, 2.24) is 0 Å². The molecule has 370 valence electrons. The molecule has 0 heterocycles. The average molecular weight is 916 g/mol. The smallest absolute Gasteiger partial charge is 0.0837 e. The highest BCUT2D eigenvalue weighted by Crippen LogP contribution is 2.28. The van der Waals surface area contributed by atoms with Crippen LogP contribution in [0, 0.1) is 0 Å². The van der Waals surface area contributed by atoms with Gasteiger partial charge in [-0.15, -0.1) is 0 Å². The Labute approximate surface area is 418 Å². The van der Waals surface area contributed by atoms with Crippen molar-refractivity contribution in [2.45, 2.75) is 208 Å². The van der Waals surface area contributed by atoms with E-state index < -0.39 is 6.15 Å². The lowest BCUT2D eigenvalue weighted by Gasteiger charge is -2.45. The van der Waals surface area contributed by atoms with E-state index in [1.54, 1.807) is 0 Å². The zero-order chi connectivity index (χ0) is 48.0. The van der Waals surface area contributed by atoms with Crippen LogP contribution >= 0.6 is 0 Å². The van der Waals surface area contributed by atoms with E-state index >= 15 is 0 Å². The van der Waals surface area contributed by atoms with Gasteiger partial charge in [-0.2, -0.15) is 22.7 Å². The lowest BCUT2D eigenvalue weighted by atomic mass is 9.13. The van der Waals surface area contributed by atoms with Gasteiger partial charge in [0.1, 0.15) is 0 Å². The Morgan fingerprint density at radius 2 is 0.515 bits per heavy atom. The van der Waals surface area contributed by atoms with Crippen LogP contribution in [0.15, 0.2) is 127 Å². The second-order valence-corrected chi connectivity index (χ2v) is 21.2. The monoisotopic (exact) mass is 916 g/mol. The number of benzene rings is 6. The first-order chi connectivity index (χ1) is 33.6. The molecule has 0 aromatic heterocycles. The van der Waals surface area contributed by atoms with Gasteiger partial charge < -0.3 is 4.48 Å². The second-order valence-electron chi connectivity index (χ2n) is 21.2. The minimum absolute atomic E-state index is 1.12. The molecule has 0 spiro atoms. The lowest BCUT2D eigenvalue weighted by molar-refractivity contribution is -0.929.